The Morgan fingerprint density at radius 3 is 2.12 bits per heavy atom. The van der Waals surface area contributed by atoms with Gasteiger partial charge in [-0.15, -0.1) is 0 Å². The largest absolute Gasteiger partial charge is 0.480 e. The minimum absolute atomic E-state index is 0.0392. The van der Waals surface area contributed by atoms with Crippen molar-refractivity contribution in [1.82, 2.24) is 4.90 Å². The van der Waals surface area contributed by atoms with Crippen LogP contribution < -0.4 is 0 Å². The fourth-order valence-corrected chi connectivity index (χ4v) is 2.59. The number of rotatable bonds is 3. The summed E-state index contributed by atoms with van der Waals surface area (Å²) in [5.41, 5.74) is 0.0931. The number of ether oxygens (including phenoxy) is 1. The van der Waals surface area contributed by atoms with E-state index in [1.165, 1.54) is 0 Å². The standard InChI is InChI=1S/C12H23NO3/c1-11(2)6-9(16-8-10(14)15)7-12(3,4)13(11)5/h9H,6-8H2,1-5H3,(H,14,15). The van der Waals surface area contributed by atoms with Crippen molar-refractivity contribution in [2.45, 2.75) is 57.7 Å². The van der Waals surface area contributed by atoms with Crippen molar-refractivity contribution in [3.05, 3.63) is 0 Å². The lowest BCUT2D eigenvalue weighted by atomic mass is 9.79. The highest BCUT2D eigenvalue weighted by Gasteiger charge is 2.43. The zero-order valence-electron chi connectivity index (χ0n) is 10.9. The van der Waals surface area contributed by atoms with Gasteiger partial charge in [-0.25, -0.2) is 4.79 Å². The molecule has 1 aliphatic heterocycles. The van der Waals surface area contributed by atoms with Crippen LogP contribution in [0.3, 0.4) is 0 Å². The highest BCUT2D eigenvalue weighted by Crippen LogP contribution is 2.37. The number of carboxylic acids is 1. The Bertz CT molecular complexity index is 255. The molecule has 0 aromatic carbocycles. The van der Waals surface area contributed by atoms with Crippen LogP contribution >= 0.6 is 0 Å². The van der Waals surface area contributed by atoms with E-state index in [0.29, 0.717) is 0 Å². The number of carboxylic acid groups (broad SMARTS) is 1. The van der Waals surface area contributed by atoms with Crippen LogP contribution in [0.15, 0.2) is 0 Å². The van der Waals surface area contributed by atoms with Crippen LogP contribution in [0.25, 0.3) is 0 Å². The summed E-state index contributed by atoms with van der Waals surface area (Å²) in [5, 5.41) is 8.62. The molecular weight excluding hydrogens is 206 g/mol. The zero-order valence-corrected chi connectivity index (χ0v) is 10.9. The quantitative estimate of drug-likeness (QED) is 0.801. The highest BCUT2D eigenvalue weighted by molar-refractivity contribution is 5.68. The Morgan fingerprint density at radius 2 is 1.75 bits per heavy atom. The first-order valence-electron chi connectivity index (χ1n) is 5.72. The van der Waals surface area contributed by atoms with Gasteiger partial charge in [0.05, 0.1) is 6.10 Å². The van der Waals surface area contributed by atoms with Gasteiger partial charge < -0.3 is 9.84 Å². The van der Waals surface area contributed by atoms with E-state index in [0.717, 1.165) is 12.8 Å². The molecule has 1 heterocycles. The molecule has 0 saturated carbocycles. The van der Waals surface area contributed by atoms with Crippen LogP contribution in [-0.2, 0) is 9.53 Å². The van der Waals surface area contributed by atoms with Crippen molar-refractivity contribution in [1.29, 1.82) is 0 Å². The molecule has 0 radical (unpaired) electrons. The van der Waals surface area contributed by atoms with Gasteiger partial charge in [0.15, 0.2) is 0 Å². The molecule has 0 amide bonds. The van der Waals surface area contributed by atoms with Crippen molar-refractivity contribution in [2.24, 2.45) is 0 Å². The summed E-state index contributed by atoms with van der Waals surface area (Å²) >= 11 is 0. The summed E-state index contributed by atoms with van der Waals surface area (Å²) in [6.07, 6.45) is 1.79. The molecule has 4 nitrogen and oxygen atoms in total. The predicted octanol–water partition coefficient (Wildman–Crippen LogP) is 1.74. The Balaban J connectivity index is 2.67. The molecule has 1 saturated heterocycles. The van der Waals surface area contributed by atoms with E-state index in [-0.39, 0.29) is 23.8 Å². The lowest BCUT2D eigenvalue weighted by Crippen LogP contribution is -2.60. The zero-order chi connectivity index (χ0) is 12.6. The van der Waals surface area contributed by atoms with Crippen molar-refractivity contribution in [3.63, 3.8) is 0 Å². The number of hydrogen-bond acceptors (Lipinski definition) is 3. The normalized spacial score (nSPS) is 25.6. The summed E-state index contributed by atoms with van der Waals surface area (Å²) < 4.78 is 5.44. The van der Waals surface area contributed by atoms with E-state index in [4.69, 9.17) is 9.84 Å². The topological polar surface area (TPSA) is 49.8 Å². The summed E-state index contributed by atoms with van der Waals surface area (Å²) in [6, 6.07) is 0. The van der Waals surface area contributed by atoms with E-state index in [9.17, 15) is 4.79 Å². The third-order valence-corrected chi connectivity index (χ3v) is 3.71. The van der Waals surface area contributed by atoms with Crippen LogP contribution in [0.5, 0.6) is 0 Å². The third-order valence-electron chi connectivity index (χ3n) is 3.71. The van der Waals surface area contributed by atoms with Crippen LogP contribution in [0, 0.1) is 0 Å². The lowest BCUT2D eigenvalue weighted by molar-refractivity contribution is -0.150. The molecule has 0 aromatic heterocycles. The number of hydrogen-bond donors (Lipinski definition) is 1. The number of aliphatic carboxylic acids is 1. The fraction of sp³-hybridized carbons (Fsp3) is 0.917. The number of likely N-dealkylation sites (tertiary alicyclic amines) is 1. The Kier molecular flexibility index (Phi) is 3.65. The van der Waals surface area contributed by atoms with E-state index < -0.39 is 5.97 Å². The molecular formula is C12H23NO3. The minimum atomic E-state index is -0.894. The van der Waals surface area contributed by atoms with Gasteiger partial charge in [0, 0.05) is 11.1 Å². The van der Waals surface area contributed by atoms with E-state index >= 15 is 0 Å². The molecule has 4 heteroatoms. The third kappa shape index (κ3) is 2.95. The Hall–Kier alpha value is -0.610. The fourth-order valence-electron chi connectivity index (χ4n) is 2.59. The SMILES string of the molecule is CN1C(C)(C)CC(OCC(=O)O)CC1(C)C. The molecule has 0 atom stereocenters. The van der Waals surface area contributed by atoms with Crippen molar-refractivity contribution < 1.29 is 14.6 Å². The van der Waals surface area contributed by atoms with Gasteiger partial charge in [-0.2, -0.15) is 0 Å². The summed E-state index contributed by atoms with van der Waals surface area (Å²) in [4.78, 5) is 12.8. The maximum Gasteiger partial charge on any atom is 0.329 e. The number of nitrogens with zero attached hydrogens (tertiary/aromatic N) is 1. The van der Waals surface area contributed by atoms with E-state index in [2.05, 4.69) is 39.6 Å². The van der Waals surface area contributed by atoms with Gasteiger partial charge in [0.1, 0.15) is 6.61 Å². The van der Waals surface area contributed by atoms with Gasteiger partial charge in [-0.1, -0.05) is 0 Å². The highest BCUT2D eigenvalue weighted by atomic mass is 16.5. The minimum Gasteiger partial charge on any atom is -0.480 e. The van der Waals surface area contributed by atoms with Crippen LogP contribution in [0.4, 0.5) is 0 Å². The molecule has 0 unspecified atom stereocenters. The van der Waals surface area contributed by atoms with Crippen LogP contribution in [0.2, 0.25) is 0 Å². The molecule has 16 heavy (non-hydrogen) atoms. The second-order valence-corrected chi connectivity index (χ2v) is 5.92. The van der Waals surface area contributed by atoms with Gasteiger partial charge in [-0.05, 0) is 47.6 Å². The maximum atomic E-state index is 10.5. The van der Waals surface area contributed by atoms with Crippen molar-refractivity contribution in [3.8, 4) is 0 Å². The first-order valence-corrected chi connectivity index (χ1v) is 5.72. The van der Waals surface area contributed by atoms with Gasteiger partial charge in [-0.3, -0.25) is 4.90 Å². The van der Waals surface area contributed by atoms with Crippen LogP contribution in [0.1, 0.15) is 40.5 Å². The Morgan fingerprint density at radius 1 is 1.31 bits per heavy atom. The molecule has 1 fully saturated rings. The second kappa shape index (κ2) is 4.34. The average Bonchev–Trinajstić information content (AvgIpc) is 2.10. The molecule has 0 bridgehead atoms. The molecule has 1 rings (SSSR count). The smallest absolute Gasteiger partial charge is 0.329 e. The first kappa shape index (κ1) is 13.5. The van der Waals surface area contributed by atoms with Gasteiger partial charge in [0.25, 0.3) is 0 Å². The molecule has 1 aliphatic rings. The molecule has 0 spiro atoms. The molecule has 0 aliphatic carbocycles. The predicted molar refractivity (Wildman–Crippen MR) is 62.5 cm³/mol. The first-order chi connectivity index (χ1) is 7.15. The van der Waals surface area contributed by atoms with E-state index in [1.54, 1.807) is 0 Å². The second-order valence-electron chi connectivity index (χ2n) is 5.92. The molecule has 0 aromatic rings. The summed E-state index contributed by atoms with van der Waals surface area (Å²) in [5.74, 6) is -0.894. The van der Waals surface area contributed by atoms with Crippen molar-refractivity contribution in [2.75, 3.05) is 13.7 Å². The molecule has 94 valence electrons. The van der Waals surface area contributed by atoms with Gasteiger partial charge >= 0.3 is 5.97 Å². The molecule has 1 N–H and O–H groups in total. The number of piperidine rings is 1. The lowest BCUT2D eigenvalue weighted by Gasteiger charge is -2.53. The maximum absolute atomic E-state index is 10.5. The monoisotopic (exact) mass is 229 g/mol. The number of carbonyl (C=O) groups is 1. The summed E-state index contributed by atoms with van der Waals surface area (Å²) in [7, 11) is 2.12. The average molecular weight is 229 g/mol. The van der Waals surface area contributed by atoms with Crippen LogP contribution in [-0.4, -0.2) is 46.8 Å². The van der Waals surface area contributed by atoms with E-state index in [1.807, 2.05) is 0 Å². The Labute approximate surface area is 97.6 Å². The van der Waals surface area contributed by atoms with Crippen molar-refractivity contribution >= 4 is 5.97 Å². The summed E-state index contributed by atoms with van der Waals surface area (Å²) in [6.45, 7) is 8.49. The van der Waals surface area contributed by atoms with Gasteiger partial charge in [0.2, 0.25) is 0 Å².